The molecule has 0 bridgehead atoms. The van der Waals surface area contributed by atoms with Crippen LogP contribution in [0.3, 0.4) is 0 Å². The third-order valence-corrected chi connectivity index (χ3v) is 8.53. The highest BCUT2D eigenvalue weighted by Crippen LogP contribution is 2.36. The molecule has 0 atom stereocenters. The summed E-state index contributed by atoms with van der Waals surface area (Å²) in [6.07, 6.45) is 12.5. The maximum absolute atomic E-state index is 2.54. The van der Waals surface area contributed by atoms with Gasteiger partial charge in [-0.2, -0.15) is 0 Å². The van der Waals surface area contributed by atoms with Gasteiger partial charge in [0.2, 0.25) is 0 Å². The molecule has 0 nitrogen and oxygen atoms in total. The number of hydrogen-bond donors (Lipinski definition) is 0. The van der Waals surface area contributed by atoms with Crippen molar-refractivity contribution in [3.63, 3.8) is 0 Å². The van der Waals surface area contributed by atoms with Crippen LogP contribution in [0, 0.1) is 0 Å². The number of rotatable bonds is 14. The van der Waals surface area contributed by atoms with E-state index in [4.69, 9.17) is 0 Å². The van der Waals surface area contributed by atoms with E-state index >= 15 is 0 Å². The van der Waals surface area contributed by atoms with E-state index in [2.05, 4.69) is 135 Å². The Bertz CT molecular complexity index is 1370. The van der Waals surface area contributed by atoms with Crippen LogP contribution in [0.25, 0.3) is 44.5 Å². The van der Waals surface area contributed by atoms with E-state index in [1.54, 1.807) is 0 Å². The molecule has 5 rings (SSSR count). The molecular weight excluding hydrogens is 504 g/mol. The normalized spacial score (nSPS) is 11.1. The molecule has 0 aliphatic heterocycles. The molecule has 0 aliphatic rings. The van der Waals surface area contributed by atoms with Gasteiger partial charge in [0, 0.05) is 0 Å². The Labute approximate surface area is 254 Å². The highest BCUT2D eigenvalue weighted by Gasteiger charge is 2.14. The molecule has 0 unspecified atom stereocenters. The maximum atomic E-state index is 2.54. The fourth-order valence-electron chi connectivity index (χ4n) is 6.07. The van der Waals surface area contributed by atoms with Gasteiger partial charge >= 0.3 is 0 Å². The molecule has 5 aromatic rings. The predicted octanol–water partition coefficient (Wildman–Crippen LogP) is 12.6. The number of benzene rings is 5. The first kappa shape index (κ1) is 29.6. The topological polar surface area (TPSA) is 0 Å². The molecule has 0 amide bonds. The van der Waals surface area contributed by atoms with Gasteiger partial charge in [-0.15, -0.1) is 0 Å². The lowest BCUT2D eigenvalue weighted by Gasteiger charge is -2.18. The zero-order valence-electron chi connectivity index (χ0n) is 25.6. The molecule has 0 radical (unpaired) electrons. The minimum absolute atomic E-state index is 1.13. The number of unbranched alkanes of at least 4 members (excludes halogenated alkanes) is 6. The van der Waals surface area contributed by atoms with Crippen LogP contribution >= 0.6 is 0 Å². The van der Waals surface area contributed by atoms with Gasteiger partial charge in [0.15, 0.2) is 0 Å². The zero-order valence-corrected chi connectivity index (χ0v) is 25.6. The van der Waals surface area contributed by atoms with Crippen LogP contribution in [0.2, 0.25) is 0 Å². The largest absolute Gasteiger partial charge is 0.0654 e. The van der Waals surface area contributed by atoms with Crippen LogP contribution in [0.1, 0.15) is 76.3 Å². The summed E-state index contributed by atoms with van der Waals surface area (Å²) in [6.45, 7) is 4.59. The number of hydrogen-bond acceptors (Lipinski definition) is 0. The molecular formula is C42H46. The van der Waals surface area contributed by atoms with E-state index < -0.39 is 0 Å². The fourth-order valence-corrected chi connectivity index (χ4v) is 6.07. The minimum atomic E-state index is 1.13. The lowest BCUT2D eigenvalue weighted by molar-refractivity contribution is 0.664. The second-order valence-corrected chi connectivity index (χ2v) is 11.7. The summed E-state index contributed by atoms with van der Waals surface area (Å²) in [5.74, 6) is 0. The first-order valence-corrected chi connectivity index (χ1v) is 16.2. The van der Waals surface area contributed by atoms with Crippen molar-refractivity contribution in [2.24, 2.45) is 0 Å². The van der Waals surface area contributed by atoms with E-state index in [0.29, 0.717) is 0 Å². The van der Waals surface area contributed by atoms with Crippen LogP contribution in [0.4, 0.5) is 0 Å². The molecule has 0 aliphatic carbocycles. The molecule has 0 spiro atoms. The van der Waals surface area contributed by atoms with E-state index in [1.165, 1.54) is 107 Å². The van der Waals surface area contributed by atoms with Crippen molar-refractivity contribution in [1.29, 1.82) is 0 Å². The van der Waals surface area contributed by atoms with E-state index in [-0.39, 0.29) is 0 Å². The molecule has 0 saturated carbocycles. The van der Waals surface area contributed by atoms with Crippen LogP contribution in [0.15, 0.2) is 121 Å². The highest BCUT2D eigenvalue weighted by atomic mass is 14.2. The molecule has 0 aromatic heterocycles. The summed E-state index contributed by atoms with van der Waals surface area (Å²) in [5.41, 5.74) is 13.6. The van der Waals surface area contributed by atoms with E-state index in [9.17, 15) is 0 Å². The minimum Gasteiger partial charge on any atom is -0.0654 e. The van der Waals surface area contributed by atoms with Crippen LogP contribution < -0.4 is 0 Å². The van der Waals surface area contributed by atoms with Crippen molar-refractivity contribution >= 4 is 0 Å². The molecule has 42 heavy (non-hydrogen) atoms. The van der Waals surface area contributed by atoms with E-state index in [0.717, 1.165) is 12.8 Å². The first-order valence-electron chi connectivity index (χ1n) is 16.2. The van der Waals surface area contributed by atoms with Gasteiger partial charge in [-0.1, -0.05) is 174 Å². The SMILES string of the molecule is CCCCCCc1cc(-c2ccc(-c3ccccc3)cc2)c(CCCCCC)cc1-c1ccc(-c2ccccc2)cc1. The fraction of sp³-hybridized carbons (Fsp3) is 0.286. The summed E-state index contributed by atoms with van der Waals surface area (Å²) in [6, 6.07) is 45.0. The average molecular weight is 551 g/mol. The van der Waals surface area contributed by atoms with Gasteiger partial charge in [0.05, 0.1) is 0 Å². The Balaban J connectivity index is 1.53. The molecule has 214 valence electrons. The summed E-state index contributed by atoms with van der Waals surface area (Å²) in [5, 5.41) is 0. The average Bonchev–Trinajstić information content (AvgIpc) is 3.06. The lowest BCUT2D eigenvalue weighted by atomic mass is 9.86. The van der Waals surface area contributed by atoms with E-state index in [1.807, 2.05) is 0 Å². The number of aryl methyl sites for hydroxylation is 2. The van der Waals surface area contributed by atoms with Crippen LogP contribution in [-0.4, -0.2) is 0 Å². The third-order valence-electron chi connectivity index (χ3n) is 8.53. The summed E-state index contributed by atoms with van der Waals surface area (Å²) < 4.78 is 0. The predicted molar refractivity (Wildman–Crippen MR) is 184 cm³/mol. The van der Waals surface area contributed by atoms with Gasteiger partial charge in [-0.25, -0.2) is 0 Å². The maximum Gasteiger partial charge on any atom is -0.0149 e. The summed E-state index contributed by atoms with van der Waals surface area (Å²) >= 11 is 0. The Morgan fingerprint density at radius 1 is 0.333 bits per heavy atom. The Morgan fingerprint density at radius 2 is 0.667 bits per heavy atom. The van der Waals surface area contributed by atoms with Crippen molar-refractivity contribution in [2.75, 3.05) is 0 Å². The smallest absolute Gasteiger partial charge is 0.0149 e. The molecule has 0 N–H and O–H groups in total. The lowest BCUT2D eigenvalue weighted by Crippen LogP contribution is -1.99. The summed E-state index contributed by atoms with van der Waals surface area (Å²) in [7, 11) is 0. The monoisotopic (exact) mass is 550 g/mol. The molecule has 0 fully saturated rings. The molecule has 0 saturated heterocycles. The molecule has 0 heteroatoms. The van der Waals surface area contributed by atoms with Gasteiger partial charge in [0.25, 0.3) is 0 Å². The van der Waals surface area contributed by atoms with Crippen LogP contribution in [-0.2, 0) is 12.8 Å². The van der Waals surface area contributed by atoms with Crippen molar-refractivity contribution in [3.05, 3.63) is 132 Å². The second-order valence-electron chi connectivity index (χ2n) is 11.7. The van der Waals surface area contributed by atoms with Gasteiger partial charge in [0.1, 0.15) is 0 Å². The zero-order chi connectivity index (χ0) is 29.0. The van der Waals surface area contributed by atoms with Crippen molar-refractivity contribution in [2.45, 2.75) is 78.1 Å². The Hall–Kier alpha value is -3.90. The summed E-state index contributed by atoms with van der Waals surface area (Å²) in [4.78, 5) is 0. The third kappa shape index (κ3) is 7.68. The molecule has 5 aromatic carbocycles. The van der Waals surface area contributed by atoms with Gasteiger partial charge in [-0.3, -0.25) is 0 Å². The first-order chi connectivity index (χ1) is 20.8. The quantitative estimate of drug-likeness (QED) is 0.121. The van der Waals surface area contributed by atoms with Crippen molar-refractivity contribution in [1.82, 2.24) is 0 Å². The highest BCUT2D eigenvalue weighted by molar-refractivity contribution is 5.79. The Morgan fingerprint density at radius 3 is 1.02 bits per heavy atom. The van der Waals surface area contributed by atoms with Gasteiger partial charge in [-0.05, 0) is 81.3 Å². The standard InChI is InChI=1S/C42H46/c1-3-5-7-11-21-39-31-42(38-29-25-36(26-30-38)34-19-15-10-16-20-34)40(22-12-8-6-4-2)32-41(39)37-27-23-35(24-28-37)33-17-13-9-14-18-33/h9-10,13-20,23-32H,3-8,11-12,21-22H2,1-2H3. The van der Waals surface area contributed by atoms with Crippen LogP contribution in [0.5, 0.6) is 0 Å². The Kier molecular flexibility index (Phi) is 10.8. The van der Waals surface area contributed by atoms with Crippen molar-refractivity contribution < 1.29 is 0 Å². The second kappa shape index (κ2) is 15.4. The van der Waals surface area contributed by atoms with Crippen molar-refractivity contribution in [3.8, 4) is 44.5 Å². The molecule has 0 heterocycles. The van der Waals surface area contributed by atoms with Gasteiger partial charge < -0.3 is 0 Å².